The van der Waals surface area contributed by atoms with Gasteiger partial charge in [0.1, 0.15) is 13.2 Å². The SMILES string of the molecule is CC/C=C\C/C=C\C/C=C\C/C=C\C/C=C\CCC(=O)OC(COC(=O)CCCCCC/C=C\CCCC)COC(=O)CCCCCCCCCCCC/C=C\C=C/CCCCC. The highest BCUT2D eigenvalue weighted by Gasteiger charge is 2.19. The quantitative estimate of drug-likeness (QED) is 0.0199. The summed E-state index contributed by atoms with van der Waals surface area (Å²) in [6, 6.07) is 0. The molecule has 1 atom stereocenters. The molecule has 6 heteroatoms. The maximum Gasteiger partial charge on any atom is 0.306 e. The lowest BCUT2D eigenvalue weighted by Crippen LogP contribution is -2.30. The van der Waals surface area contributed by atoms with Crippen LogP contribution in [0.25, 0.3) is 0 Å². The van der Waals surface area contributed by atoms with E-state index < -0.39 is 12.1 Å². The van der Waals surface area contributed by atoms with Crippen molar-refractivity contribution in [1.82, 2.24) is 0 Å². The molecule has 0 aromatic carbocycles. The van der Waals surface area contributed by atoms with Gasteiger partial charge >= 0.3 is 17.9 Å². The Hall–Kier alpha value is -3.67. The second kappa shape index (κ2) is 51.0. The first-order chi connectivity index (χ1) is 31.0. The van der Waals surface area contributed by atoms with Crippen LogP contribution >= 0.6 is 0 Å². The van der Waals surface area contributed by atoms with E-state index in [1.807, 2.05) is 12.2 Å². The lowest BCUT2D eigenvalue weighted by Gasteiger charge is -2.18. The van der Waals surface area contributed by atoms with E-state index in [-0.39, 0.29) is 31.6 Å². The number of carbonyl (C=O) groups is 3. The van der Waals surface area contributed by atoms with Gasteiger partial charge in [0.2, 0.25) is 0 Å². The molecule has 0 aliphatic rings. The number of rotatable bonds is 45. The first-order valence-corrected chi connectivity index (χ1v) is 25.8. The van der Waals surface area contributed by atoms with Gasteiger partial charge in [-0.3, -0.25) is 14.4 Å². The zero-order valence-corrected chi connectivity index (χ0v) is 40.8. The summed E-state index contributed by atoms with van der Waals surface area (Å²) in [5.74, 6) is -1.02. The van der Waals surface area contributed by atoms with Crippen molar-refractivity contribution in [2.45, 2.75) is 232 Å². The molecular formula is C57H94O6. The highest BCUT2D eigenvalue weighted by atomic mass is 16.6. The van der Waals surface area contributed by atoms with E-state index in [0.717, 1.165) is 89.9 Å². The van der Waals surface area contributed by atoms with Crippen molar-refractivity contribution < 1.29 is 28.6 Å². The van der Waals surface area contributed by atoms with Gasteiger partial charge in [0.25, 0.3) is 0 Å². The predicted octanol–water partition coefficient (Wildman–Crippen LogP) is 17.0. The summed E-state index contributed by atoms with van der Waals surface area (Å²) in [6.45, 7) is 6.37. The van der Waals surface area contributed by atoms with Gasteiger partial charge in [-0.05, 0) is 96.3 Å². The third-order valence-electron chi connectivity index (χ3n) is 10.6. The average molecular weight is 875 g/mol. The van der Waals surface area contributed by atoms with Gasteiger partial charge in [-0.15, -0.1) is 0 Å². The molecule has 0 amide bonds. The number of ether oxygens (including phenoxy) is 3. The Kier molecular flexibility index (Phi) is 48.0. The van der Waals surface area contributed by atoms with Crippen molar-refractivity contribution in [2.75, 3.05) is 13.2 Å². The molecule has 0 bridgehead atoms. The number of unbranched alkanes of at least 4 members (excludes halogenated alkanes) is 19. The molecule has 0 aromatic rings. The highest BCUT2D eigenvalue weighted by molar-refractivity contribution is 5.71. The summed E-state index contributed by atoms with van der Waals surface area (Å²) in [4.78, 5) is 37.9. The monoisotopic (exact) mass is 875 g/mol. The maximum absolute atomic E-state index is 12.7. The number of esters is 3. The number of allylic oxidation sites excluding steroid dienone is 16. The Morgan fingerprint density at radius 3 is 1.17 bits per heavy atom. The van der Waals surface area contributed by atoms with Crippen LogP contribution in [0.2, 0.25) is 0 Å². The van der Waals surface area contributed by atoms with Gasteiger partial charge < -0.3 is 14.2 Å². The zero-order chi connectivity index (χ0) is 45.8. The largest absolute Gasteiger partial charge is 0.462 e. The fraction of sp³-hybridized carbons (Fsp3) is 0.667. The zero-order valence-electron chi connectivity index (χ0n) is 40.8. The van der Waals surface area contributed by atoms with E-state index in [1.54, 1.807) is 0 Å². The van der Waals surface area contributed by atoms with Gasteiger partial charge in [0.05, 0.1) is 0 Å². The van der Waals surface area contributed by atoms with Crippen molar-refractivity contribution in [1.29, 1.82) is 0 Å². The lowest BCUT2D eigenvalue weighted by atomic mass is 10.1. The Balaban J connectivity index is 4.45. The Labute approximate surface area is 387 Å². The predicted molar refractivity (Wildman–Crippen MR) is 270 cm³/mol. The molecule has 0 radical (unpaired) electrons. The number of carbonyl (C=O) groups excluding carboxylic acids is 3. The lowest BCUT2D eigenvalue weighted by molar-refractivity contribution is -0.166. The number of hydrogen-bond donors (Lipinski definition) is 0. The van der Waals surface area contributed by atoms with E-state index in [4.69, 9.17) is 14.2 Å². The van der Waals surface area contributed by atoms with Crippen molar-refractivity contribution in [3.8, 4) is 0 Å². The van der Waals surface area contributed by atoms with Crippen LogP contribution < -0.4 is 0 Å². The smallest absolute Gasteiger partial charge is 0.306 e. The molecule has 6 nitrogen and oxygen atoms in total. The first-order valence-electron chi connectivity index (χ1n) is 25.8. The molecule has 0 aromatic heterocycles. The normalized spacial score (nSPS) is 12.9. The molecule has 0 aliphatic carbocycles. The van der Waals surface area contributed by atoms with Crippen LogP contribution in [0.15, 0.2) is 97.2 Å². The third-order valence-corrected chi connectivity index (χ3v) is 10.6. The summed E-state index contributed by atoms with van der Waals surface area (Å²) >= 11 is 0. The maximum atomic E-state index is 12.7. The molecule has 0 fully saturated rings. The average Bonchev–Trinajstić information content (AvgIpc) is 3.28. The van der Waals surface area contributed by atoms with E-state index in [9.17, 15) is 14.4 Å². The Bertz CT molecular complexity index is 1280. The molecule has 63 heavy (non-hydrogen) atoms. The fourth-order valence-electron chi connectivity index (χ4n) is 6.70. The van der Waals surface area contributed by atoms with Crippen LogP contribution in [0.3, 0.4) is 0 Å². The minimum absolute atomic E-state index is 0.113. The molecule has 0 heterocycles. The highest BCUT2D eigenvalue weighted by Crippen LogP contribution is 2.14. The topological polar surface area (TPSA) is 78.9 Å². The minimum Gasteiger partial charge on any atom is -0.462 e. The molecule has 0 aliphatic heterocycles. The summed E-state index contributed by atoms with van der Waals surface area (Å²) in [5, 5.41) is 0. The van der Waals surface area contributed by atoms with Crippen molar-refractivity contribution in [2.24, 2.45) is 0 Å². The fourth-order valence-corrected chi connectivity index (χ4v) is 6.70. The number of hydrogen-bond acceptors (Lipinski definition) is 6. The molecule has 0 saturated heterocycles. The molecule has 0 spiro atoms. The third kappa shape index (κ3) is 49.2. The van der Waals surface area contributed by atoms with Crippen LogP contribution in [-0.4, -0.2) is 37.2 Å². The summed E-state index contributed by atoms with van der Waals surface area (Å²) < 4.78 is 16.7. The van der Waals surface area contributed by atoms with Crippen molar-refractivity contribution >= 4 is 17.9 Å². The van der Waals surface area contributed by atoms with Gasteiger partial charge in [0.15, 0.2) is 6.10 Å². The van der Waals surface area contributed by atoms with E-state index in [0.29, 0.717) is 19.3 Å². The first kappa shape index (κ1) is 59.3. The van der Waals surface area contributed by atoms with Crippen molar-refractivity contribution in [3.05, 3.63) is 97.2 Å². The summed E-state index contributed by atoms with van der Waals surface area (Å²) in [5.41, 5.74) is 0. The second-order valence-electron chi connectivity index (χ2n) is 16.7. The van der Waals surface area contributed by atoms with Crippen molar-refractivity contribution in [3.63, 3.8) is 0 Å². The van der Waals surface area contributed by atoms with E-state index >= 15 is 0 Å². The second-order valence-corrected chi connectivity index (χ2v) is 16.7. The van der Waals surface area contributed by atoms with Gasteiger partial charge in [-0.25, -0.2) is 0 Å². The standard InChI is InChI=1S/C57H94O6/c1-4-7-10-13-16-19-22-24-26-28-29-30-32-33-35-38-41-44-47-50-56(59)62-53-54(52-61-55(58)49-46-43-40-37-21-18-15-12-9-6-3)63-57(60)51-48-45-42-39-36-34-31-27-25-23-20-17-14-11-8-5-2/h8,11,15-20,22,24-25,27,34,36,42,45,54H,4-7,9-10,12-14,21,23,26,28-33,35,37-41,43-44,46-53H2,1-3H3/b11-8-,18-15-,19-16-,20-17-,24-22-,27-25-,36-34-,45-42-. The van der Waals surface area contributed by atoms with E-state index in [1.165, 1.54) is 89.9 Å². The summed E-state index contributed by atoms with van der Waals surface area (Å²) in [7, 11) is 0. The minimum atomic E-state index is -0.822. The van der Waals surface area contributed by atoms with Crippen LogP contribution in [0.4, 0.5) is 0 Å². The summed E-state index contributed by atoms with van der Waals surface area (Å²) in [6.07, 6.45) is 66.9. The van der Waals surface area contributed by atoms with Crippen LogP contribution in [0.5, 0.6) is 0 Å². The Morgan fingerprint density at radius 2 is 0.714 bits per heavy atom. The molecular weight excluding hydrogens is 781 g/mol. The van der Waals surface area contributed by atoms with Gasteiger partial charge in [-0.1, -0.05) is 208 Å². The van der Waals surface area contributed by atoms with Crippen LogP contribution in [0, 0.1) is 0 Å². The molecule has 0 rings (SSSR count). The van der Waals surface area contributed by atoms with Gasteiger partial charge in [-0.2, -0.15) is 0 Å². The molecule has 0 saturated carbocycles. The molecule has 358 valence electrons. The van der Waals surface area contributed by atoms with Gasteiger partial charge in [0, 0.05) is 19.3 Å². The molecule has 1 unspecified atom stereocenters. The van der Waals surface area contributed by atoms with Crippen LogP contribution in [0.1, 0.15) is 226 Å². The Morgan fingerprint density at radius 1 is 0.349 bits per heavy atom. The van der Waals surface area contributed by atoms with Crippen LogP contribution in [-0.2, 0) is 28.6 Å². The van der Waals surface area contributed by atoms with E-state index in [2.05, 4.69) is 106 Å². The molecule has 0 N–H and O–H groups in total.